The molecule has 0 fully saturated rings. The van der Waals surface area contributed by atoms with E-state index in [-0.39, 0.29) is 11.7 Å². The van der Waals surface area contributed by atoms with E-state index in [0.29, 0.717) is 27.5 Å². The van der Waals surface area contributed by atoms with E-state index >= 15 is 0 Å². The van der Waals surface area contributed by atoms with Crippen LogP contribution in [0.2, 0.25) is 10.0 Å². The lowest BCUT2D eigenvalue weighted by Gasteiger charge is -2.09. The van der Waals surface area contributed by atoms with Crippen molar-refractivity contribution in [1.82, 2.24) is 14.8 Å². The highest BCUT2D eigenvalue weighted by Gasteiger charge is 2.14. The number of rotatable bonds is 10. The van der Waals surface area contributed by atoms with Crippen LogP contribution in [0.5, 0.6) is 0 Å². The number of benzene rings is 2. The zero-order valence-electron chi connectivity index (χ0n) is 17.9. The first-order valence-corrected chi connectivity index (χ1v) is 12.8. The highest BCUT2D eigenvalue weighted by Crippen LogP contribution is 2.26. The van der Waals surface area contributed by atoms with E-state index in [1.807, 2.05) is 48.7 Å². The van der Waals surface area contributed by atoms with Crippen molar-refractivity contribution in [3.63, 3.8) is 0 Å². The molecule has 5 nitrogen and oxygen atoms in total. The van der Waals surface area contributed by atoms with Gasteiger partial charge in [-0.25, -0.2) is 0 Å². The van der Waals surface area contributed by atoms with E-state index in [4.69, 9.17) is 23.2 Å². The summed E-state index contributed by atoms with van der Waals surface area (Å²) in [6, 6.07) is 11.5. The molecule has 0 aliphatic carbocycles. The predicted molar refractivity (Wildman–Crippen MR) is 137 cm³/mol. The fraction of sp³-hybridized carbons (Fsp3) is 0.261. The Morgan fingerprint density at radius 2 is 1.91 bits per heavy atom. The van der Waals surface area contributed by atoms with E-state index in [0.717, 1.165) is 28.4 Å². The highest BCUT2D eigenvalue weighted by molar-refractivity contribution is 7.99. The first-order chi connectivity index (χ1) is 15.4. The molecule has 0 unspecified atom stereocenters. The summed E-state index contributed by atoms with van der Waals surface area (Å²) in [6.07, 6.45) is 1.80. The normalized spacial score (nSPS) is 10.9. The van der Waals surface area contributed by atoms with Gasteiger partial charge >= 0.3 is 0 Å². The lowest BCUT2D eigenvalue weighted by molar-refractivity contribution is -0.113. The lowest BCUT2D eigenvalue weighted by atomic mass is 10.1. The molecule has 1 amide bonds. The van der Waals surface area contributed by atoms with Gasteiger partial charge in [0.25, 0.3) is 0 Å². The number of thioether (sulfide) groups is 2. The molecule has 3 rings (SSSR count). The van der Waals surface area contributed by atoms with Gasteiger partial charge in [-0.3, -0.25) is 4.79 Å². The molecule has 1 heterocycles. The molecule has 0 aliphatic rings. The fourth-order valence-corrected chi connectivity index (χ4v) is 4.88. The molecule has 0 saturated carbocycles. The van der Waals surface area contributed by atoms with Crippen molar-refractivity contribution >= 4 is 58.3 Å². The Balaban J connectivity index is 1.57. The van der Waals surface area contributed by atoms with E-state index in [9.17, 15) is 4.79 Å². The molecular formula is C23H24Cl2N4OS2. The monoisotopic (exact) mass is 506 g/mol. The molecule has 0 atom stereocenters. The quantitative estimate of drug-likeness (QED) is 0.249. The van der Waals surface area contributed by atoms with Crippen molar-refractivity contribution in [3.8, 4) is 0 Å². The number of aryl methyl sites for hydroxylation is 2. The van der Waals surface area contributed by atoms with Crippen molar-refractivity contribution in [3.05, 3.63) is 81.6 Å². The summed E-state index contributed by atoms with van der Waals surface area (Å²) >= 11 is 15.1. The summed E-state index contributed by atoms with van der Waals surface area (Å²) in [6.45, 7) is 8.48. The van der Waals surface area contributed by atoms with E-state index in [2.05, 4.69) is 22.1 Å². The number of aromatic nitrogens is 3. The van der Waals surface area contributed by atoms with E-state index in [1.165, 1.54) is 17.3 Å². The number of nitrogens with one attached hydrogen (secondary N) is 1. The number of allylic oxidation sites excluding steroid dienone is 1. The Kier molecular flexibility index (Phi) is 9.11. The van der Waals surface area contributed by atoms with Crippen molar-refractivity contribution in [2.24, 2.45) is 0 Å². The maximum Gasteiger partial charge on any atom is 0.234 e. The topological polar surface area (TPSA) is 59.8 Å². The van der Waals surface area contributed by atoms with Gasteiger partial charge in [-0.05, 0) is 54.8 Å². The van der Waals surface area contributed by atoms with Crippen molar-refractivity contribution in [1.29, 1.82) is 0 Å². The average molecular weight is 508 g/mol. The SMILES string of the molecule is C=CCn1c(CSCc2ccc(Cl)c(Cl)c2)nnc1SCC(=O)Nc1ccc(C)c(C)c1. The molecule has 0 bridgehead atoms. The molecule has 0 radical (unpaired) electrons. The van der Waals surface area contributed by atoms with Crippen LogP contribution in [-0.4, -0.2) is 26.4 Å². The molecule has 0 spiro atoms. The molecular weight excluding hydrogens is 483 g/mol. The number of hydrogen-bond donors (Lipinski definition) is 1. The van der Waals surface area contributed by atoms with Gasteiger partial charge in [0.2, 0.25) is 5.91 Å². The van der Waals surface area contributed by atoms with Crippen molar-refractivity contribution in [2.45, 2.75) is 37.1 Å². The first kappa shape index (κ1) is 24.7. The standard InChI is InChI=1S/C23H24Cl2N4OS2/c1-4-9-29-21(13-31-12-17-6-8-19(24)20(25)11-17)27-28-23(29)32-14-22(30)26-18-7-5-15(2)16(3)10-18/h4-8,10-11H,1,9,12-14H2,2-3H3,(H,26,30). The number of nitrogens with zero attached hydrogens (tertiary/aromatic N) is 3. The number of halogens is 2. The van der Waals surface area contributed by atoms with Crippen LogP contribution in [0.1, 0.15) is 22.5 Å². The van der Waals surface area contributed by atoms with Gasteiger partial charge in [0, 0.05) is 18.0 Å². The van der Waals surface area contributed by atoms with E-state index < -0.39 is 0 Å². The number of hydrogen-bond acceptors (Lipinski definition) is 5. The minimum atomic E-state index is -0.0815. The van der Waals surface area contributed by atoms with Crippen LogP contribution >= 0.6 is 46.7 Å². The van der Waals surface area contributed by atoms with Crippen LogP contribution in [-0.2, 0) is 22.8 Å². The lowest BCUT2D eigenvalue weighted by Crippen LogP contribution is -2.15. The van der Waals surface area contributed by atoms with Crippen LogP contribution in [0.25, 0.3) is 0 Å². The number of anilines is 1. The number of carbonyl (C=O) groups is 1. The van der Waals surface area contributed by atoms with Crippen molar-refractivity contribution in [2.75, 3.05) is 11.1 Å². The molecule has 1 aromatic heterocycles. The summed E-state index contributed by atoms with van der Waals surface area (Å²) in [4.78, 5) is 12.4. The van der Waals surface area contributed by atoms with E-state index in [1.54, 1.807) is 23.9 Å². The van der Waals surface area contributed by atoms with Gasteiger partial charge in [-0.2, -0.15) is 0 Å². The Bertz CT molecular complexity index is 1120. The Morgan fingerprint density at radius 1 is 1.09 bits per heavy atom. The van der Waals surface area contributed by atoms with Crippen LogP contribution in [0.4, 0.5) is 5.69 Å². The van der Waals surface area contributed by atoms with Gasteiger partial charge in [-0.15, -0.1) is 28.5 Å². The van der Waals surface area contributed by atoms with Crippen LogP contribution in [0.3, 0.4) is 0 Å². The average Bonchev–Trinajstić information content (AvgIpc) is 3.14. The molecule has 1 N–H and O–H groups in total. The van der Waals surface area contributed by atoms with Gasteiger partial charge in [0.1, 0.15) is 5.82 Å². The molecule has 0 saturated heterocycles. The molecule has 0 aliphatic heterocycles. The number of amides is 1. The summed E-state index contributed by atoms with van der Waals surface area (Å²) < 4.78 is 1.99. The second kappa shape index (κ2) is 11.8. The predicted octanol–water partition coefficient (Wildman–Crippen LogP) is 6.55. The summed E-state index contributed by atoms with van der Waals surface area (Å²) in [5.41, 5.74) is 4.23. The maximum absolute atomic E-state index is 12.4. The summed E-state index contributed by atoms with van der Waals surface area (Å²) in [5, 5.41) is 13.4. The summed E-state index contributed by atoms with van der Waals surface area (Å²) in [7, 11) is 0. The Morgan fingerprint density at radius 3 is 2.62 bits per heavy atom. The van der Waals surface area contributed by atoms with Crippen LogP contribution < -0.4 is 5.32 Å². The maximum atomic E-state index is 12.4. The molecule has 168 valence electrons. The first-order valence-electron chi connectivity index (χ1n) is 9.92. The van der Waals surface area contributed by atoms with Gasteiger partial charge in [-0.1, -0.05) is 53.2 Å². The van der Waals surface area contributed by atoms with Crippen LogP contribution in [0, 0.1) is 13.8 Å². The molecule has 9 heteroatoms. The Hall–Kier alpha value is -1.93. The highest BCUT2D eigenvalue weighted by atomic mass is 35.5. The molecule has 2 aromatic carbocycles. The van der Waals surface area contributed by atoms with Gasteiger partial charge in [0.15, 0.2) is 5.16 Å². The third kappa shape index (κ3) is 6.78. The third-order valence-electron chi connectivity index (χ3n) is 4.71. The molecule has 32 heavy (non-hydrogen) atoms. The molecule has 3 aromatic rings. The third-order valence-corrected chi connectivity index (χ3v) is 7.42. The number of carbonyl (C=O) groups excluding carboxylic acids is 1. The largest absolute Gasteiger partial charge is 0.325 e. The minimum absolute atomic E-state index is 0.0815. The van der Waals surface area contributed by atoms with Crippen molar-refractivity contribution < 1.29 is 4.79 Å². The smallest absolute Gasteiger partial charge is 0.234 e. The zero-order chi connectivity index (χ0) is 23.1. The van der Waals surface area contributed by atoms with Crippen LogP contribution in [0.15, 0.2) is 54.2 Å². The van der Waals surface area contributed by atoms with Gasteiger partial charge in [0.05, 0.1) is 21.6 Å². The minimum Gasteiger partial charge on any atom is -0.325 e. The second-order valence-corrected chi connectivity index (χ2v) is 9.92. The zero-order valence-corrected chi connectivity index (χ0v) is 21.0. The Labute approximate surface area is 207 Å². The second-order valence-electron chi connectivity index (χ2n) is 7.18. The van der Waals surface area contributed by atoms with Gasteiger partial charge < -0.3 is 9.88 Å². The summed E-state index contributed by atoms with van der Waals surface area (Å²) in [5.74, 6) is 2.46. The fourth-order valence-electron chi connectivity index (χ4n) is 2.88.